The lowest BCUT2D eigenvalue weighted by atomic mass is 9.97. The summed E-state index contributed by atoms with van der Waals surface area (Å²) < 4.78 is 4.71. The summed E-state index contributed by atoms with van der Waals surface area (Å²) in [6.45, 7) is 0.659. The normalized spacial score (nSPS) is 18.1. The van der Waals surface area contributed by atoms with Crippen molar-refractivity contribution in [3.05, 3.63) is 0 Å². The van der Waals surface area contributed by atoms with Crippen LogP contribution in [0.15, 0.2) is 0 Å². The molecule has 7 heteroatoms. The summed E-state index contributed by atoms with van der Waals surface area (Å²) in [5.74, 6) is -0.712. The maximum absolute atomic E-state index is 12.1. The summed E-state index contributed by atoms with van der Waals surface area (Å²) in [6, 6.07) is -1.46. The number of carbonyl (C=O) groups excluding carboxylic acids is 3. The topological polar surface area (TPSA) is 111 Å². The molecule has 7 nitrogen and oxygen atoms in total. The van der Waals surface area contributed by atoms with Gasteiger partial charge in [0.05, 0.1) is 13.2 Å². The van der Waals surface area contributed by atoms with E-state index in [0.717, 1.165) is 19.1 Å². The third-order valence-electron chi connectivity index (χ3n) is 3.92. The molecule has 0 aliphatic heterocycles. The number of carbonyl (C=O) groups is 3. The molecule has 22 heavy (non-hydrogen) atoms. The van der Waals surface area contributed by atoms with Crippen LogP contribution >= 0.6 is 0 Å². The molecule has 1 fully saturated rings. The molecule has 126 valence electrons. The summed E-state index contributed by atoms with van der Waals surface area (Å²) in [5.41, 5.74) is 5.85. The molecule has 1 amide bonds. The van der Waals surface area contributed by atoms with Gasteiger partial charge in [0, 0.05) is 5.92 Å². The van der Waals surface area contributed by atoms with Gasteiger partial charge in [0.2, 0.25) is 5.91 Å². The molecular weight excluding hydrogens is 286 g/mol. The average molecular weight is 313 g/mol. The summed E-state index contributed by atoms with van der Waals surface area (Å²) in [4.78, 5) is 35.0. The molecule has 1 rings (SSSR count). The Morgan fingerprint density at radius 1 is 1.41 bits per heavy atom. The van der Waals surface area contributed by atoms with Gasteiger partial charge in [-0.3, -0.25) is 4.79 Å². The molecule has 0 aromatic rings. The van der Waals surface area contributed by atoms with Gasteiger partial charge in [-0.25, -0.2) is 4.79 Å². The van der Waals surface area contributed by atoms with Gasteiger partial charge in [-0.05, 0) is 38.8 Å². The zero-order valence-electron chi connectivity index (χ0n) is 13.3. The number of aldehydes is 1. The van der Waals surface area contributed by atoms with Crippen LogP contribution in [0.3, 0.4) is 0 Å². The maximum Gasteiger partial charge on any atom is 0.328 e. The van der Waals surface area contributed by atoms with Crippen molar-refractivity contribution in [2.45, 2.75) is 44.2 Å². The first-order valence-corrected chi connectivity index (χ1v) is 7.75. The number of rotatable bonds is 11. The predicted octanol–water partition coefficient (Wildman–Crippen LogP) is -0.414. The van der Waals surface area contributed by atoms with Crippen LogP contribution in [0.2, 0.25) is 0 Å². The van der Waals surface area contributed by atoms with Crippen molar-refractivity contribution in [1.29, 1.82) is 0 Å². The predicted molar refractivity (Wildman–Crippen MR) is 82.0 cm³/mol. The fourth-order valence-electron chi connectivity index (χ4n) is 2.33. The van der Waals surface area contributed by atoms with Crippen molar-refractivity contribution >= 4 is 18.2 Å². The van der Waals surface area contributed by atoms with Crippen LogP contribution in [0.25, 0.3) is 0 Å². The first-order chi connectivity index (χ1) is 10.5. The molecule has 1 aliphatic rings. The zero-order valence-corrected chi connectivity index (χ0v) is 13.3. The van der Waals surface area contributed by atoms with Crippen LogP contribution in [-0.2, 0) is 19.1 Å². The molecule has 4 N–H and O–H groups in total. The Balaban J connectivity index is 2.56. The second kappa shape index (κ2) is 9.53. The third kappa shape index (κ3) is 6.53. The highest BCUT2D eigenvalue weighted by Gasteiger charge is 2.30. The number of methoxy groups -OCH3 is 1. The fourth-order valence-corrected chi connectivity index (χ4v) is 2.33. The molecule has 1 aliphatic carbocycles. The van der Waals surface area contributed by atoms with E-state index in [-0.39, 0.29) is 18.2 Å². The minimum atomic E-state index is -0.838. The standard InChI is InChI=1S/C15H27N3O4/c1-17-6-5-11(9-19)8-13(15(21)22-2)18-14(20)12(16)7-10-3-4-10/h9-13,17H,3-8,16H2,1-2H3,(H,18,20)/t11-,12-,13-/m0/s1. The van der Waals surface area contributed by atoms with Crippen molar-refractivity contribution in [2.24, 2.45) is 17.6 Å². The van der Waals surface area contributed by atoms with Crippen molar-refractivity contribution in [1.82, 2.24) is 10.6 Å². The van der Waals surface area contributed by atoms with Crippen molar-refractivity contribution < 1.29 is 19.1 Å². The molecule has 0 spiro atoms. The Bertz CT molecular complexity index is 385. The molecule has 0 radical (unpaired) electrons. The Labute approximate surface area is 131 Å². The van der Waals surface area contributed by atoms with Crippen LogP contribution in [0.5, 0.6) is 0 Å². The maximum atomic E-state index is 12.1. The van der Waals surface area contributed by atoms with Crippen LogP contribution in [0, 0.1) is 11.8 Å². The van der Waals surface area contributed by atoms with Crippen LogP contribution in [-0.4, -0.2) is 50.9 Å². The fraction of sp³-hybridized carbons (Fsp3) is 0.800. The smallest absolute Gasteiger partial charge is 0.328 e. The number of hydrogen-bond acceptors (Lipinski definition) is 6. The molecule has 1 saturated carbocycles. The second-order valence-electron chi connectivity index (χ2n) is 5.89. The summed E-state index contributed by atoms with van der Waals surface area (Å²) in [7, 11) is 3.05. The van der Waals surface area contributed by atoms with E-state index in [1.807, 2.05) is 0 Å². The lowest BCUT2D eigenvalue weighted by Crippen LogP contribution is -2.49. The van der Waals surface area contributed by atoms with Gasteiger partial charge in [0.25, 0.3) is 0 Å². The van der Waals surface area contributed by atoms with Crippen LogP contribution < -0.4 is 16.4 Å². The van der Waals surface area contributed by atoms with Gasteiger partial charge in [-0.2, -0.15) is 0 Å². The highest BCUT2D eigenvalue weighted by molar-refractivity contribution is 5.87. The van der Waals surface area contributed by atoms with Gasteiger partial charge in [-0.15, -0.1) is 0 Å². The Morgan fingerprint density at radius 3 is 2.59 bits per heavy atom. The lowest BCUT2D eigenvalue weighted by molar-refractivity contribution is -0.145. The molecular formula is C15H27N3O4. The Hall–Kier alpha value is -1.47. The lowest BCUT2D eigenvalue weighted by Gasteiger charge is -2.21. The van der Waals surface area contributed by atoms with Crippen molar-refractivity contribution in [3.8, 4) is 0 Å². The van der Waals surface area contributed by atoms with Gasteiger partial charge >= 0.3 is 5.97 Å². The number of esters is 1. The minimum Gasteiger partial charge on any atom is -0.467 e. The van der Waals surface area contributed by atoms with E-state index in [0.29, 0.717) is 25.3 Å². The summed E-state index contributed by atoms with van der Waals surface area (Å²) in [6.07, 6.45) is 4.48. The van der Waals surface area contributed by atoms with E-state index in [1.54, 1.807) is 7.05 Å². The monoisotopic (exact) mass is 313 g/mol. The summed E-state index contributed by atoms with van der Waals surface area (Å²) in [5, 5.41) is 5.58. The number of ether oxygens (including phenoxy) is 1. The largest absolute Gasteiger partial charge is 0.467 e. The number of amides is 1. The third-order valence-corrected chi connectivity index (χ3v) is 3.92. The second-order valence-corrected chi connectivity index (χ2v) is 5.89. The SMILES string of the molecule is CNCC[C@H](C=O)C[C@H](NC(=O)[C@@H](N)CC1CC1)C(=O)OC. The summed E-state index contributed by atoms with van der Waals surface area (Å²) >= 11 is 0. The van der Waals surface area contributed by atoms with E-state index in [9.17, 15) is 14.4 Å². The molecule has 0 saturated heterocycles. The van der Waals surface area contributed by atoms with Crippen LogP contribution in [0.4, 0.5) is 0 Å². The van der Waals surface area contributed by atoms with Crippen molar-refractivity contribution in [2.75, 3.05) is 20.7 Å². The van der Waals surface area contributed by atoms with Crippen molar-refractivity contribution in [3.63, 3.8) is 0 Å². The van der Waals surface area contributed by atoms with Gasteiger partial charge in [-0.1, -0.05) is 12.8 Å². The molecule has 0 bridgehead atoms. The van der Waals surface area contributed by atoms with E-state index < -0.39 is 18.1 Å². The van der Waals surface area contributed by atoms with Gasteiger partial charge in [0.1, 0.15) is 12.3 Å². The molecule has 0 aromatic carbocycles. The van der Waals surface area contributed by atoms with Crippen LogP contribution in [0.1, 0.15) is 32.1 Å². The van der Waals surface area contributed by atoms with Gasteiger partial charge < -0.3 is 25.9 Å². The number of nitrogens with one attached hydrogen (secondary N) is 2. The van der Waals surface area contributed by atoms with E-state index in [2.05, 4.69) is 10.6 Å². The highest BCUT2D eigenvalue weighted by atomic mass is 16.5. The molecule has 0 aromatic heterocycles. The minimum absolute atomic E-state index is 0.222. The van der Waals surface area contributed by atoms with E-state index in [1.165, 1.54) is 7.11 Å². The molecule has 3 atom stereocenters. The first-order valence-electron chi connectivity index (χ1n) is 7.75. The number of hydrogen-bond donors (Lipinski definition) is 3. The van der Waals surface area contributed by atoms with Gasteiger partial charge in [0.15, 0.2) is 0 Å². The Kier molecular flexibility index (Phi) is 8.05. The zero-order chi connectivity index (χ0) is 16.5. The van der Waals surface area contributed by atoms with E-state index >= 15 is 0 Å². The Morgan fingerprint density at radius 2 is 2.09 bits per heavy atom. The first kappa shape index (κ1) is 18.6. The molecule has 0 unspecified atom stereocenters. The molecule has 0 heterocycles. The van der Waals surface area contributed by atoms with E-state index in [4.69, 9.17) is 10.5 Å². The number of nitrogens with two attached hydrogens (primary N) is 1. The quantitative estimate of drug-likeness (QED) is 0.353. The average Bonchev–Trinajstić information content (AvgIpc) is 3.33. The highest BCUT2D eigenvalue weighted by Crippen LogP contribution is 2.33.